The van der Waals surface area contributed by atoms with Gasteiger partial charge in [-0.1, -0.05) is 19.1 Å². The Kier molecular flexibility index (Phi) is 6.40. The Morgan fingerprint density at radius 2 is 1.97 bits per heavy atom. The number of benzene rings is 1. The molecule has 2 heterocycles. The molecular formula is C20H22F3N3O4S. The molecule has 1 aromatic carbocycles. The van der Waals surface area contributed by atoms with Crippen LogP contribution in [0.3, 0.4) is 0 Å². The van der Waals surface area contributed by atoms with Crippen molar-refractivity contribution in [3.8, 4) is 0 Å². The number of rotatable bonds is 6. The van der Waals surface area contributed by atoms with Gasteiger partial charge in [-0.3, -0.25) is 14.7 Å². The van der Waals surface area contributed by atoms with Gasteiger partial charge in [0.15, 0.2) is 9.84 Å². The van der Waals surface area contributed by atoms with Crippen LogP contribution in [0.2, 0.25) is 0 Å². The highest BCUT2D eigenvalue weighted by molar-refractivity contribution is 7.91. The van der Waals surface area contributed by atoms with E-state index in [0.717, 1.165) is 11.1 Å². The first-order valence-corrected chi connectivity index (χ1v) is 11.1. The van der Waals surface area contributed by atoms with E-state index in [9.17, 15) is 31.5 Å². The Balaban J connectivity index is 1.79. The van der Waals surface area contributed by atoms with E-state index in [2.05, 4.69) is 10.3 Å². The number of fused-ring (bicyclic) bond motifs is 1. The molecule has 11 heteroatoms. The number of aromatic nitrogens is 1. The van der Waals surface area contributed by atoms with Gasteiger partial charge in [0.05, 0.1) is 34.6 Å². The summed E-state index contributed by atoms with van der Waals surface area (Å²) in [6.45, 7) is 1.08. The standard InChI is InChI=1S/C20H22F3N3O4S/c1-3-31(29,30)15-6-4-12(5-7-15)16(11-27)25-19(28)13-8-14-10-26(2)18(20(21,22)23)17(14)24-9-13/h4-9,16,18,27H,3,10-11H2,1-2H3,(H,25,28)/t16-,18?/m0/s1. The highest BCUT2D eigenvalue weighted by Gasteiger charge is 2.48. The van der Waals surface area contributed by atoms with E-state index in [-0.39, 0.29) is 28.5 Å². The molecule has 1 aliphatic rings. The number of aliphatic hydroxyl groups excluding tert-OH is 1. The van der Waals surface area contributed by atoms with Gasteiger partial charge in [0.1, 0.15) is 6.04 Å². The maximum Gasteiger partial charge on any atom is 0.409 e. The van der Waals surface area contributed by atoms with Crippen LogP contribution in [0.15, 0.2) is 41.4 Å². The number of nitrogens with one attached hydrogen (secondary N) is 1. The van der Waals surface area contributed by atoms with Crippen LogP contribution in [0, 0.1) is 0 Å². The lowest BCUT2D eigenvalue weighted by molar-refractivity contribution is -0.180. The molecule has 1 aliphatic heterocycles. The second-order valence-electron chi connectivity index (χ2n) is 7.31. The molecular weight excluding hydrogens is 435 g/mol. The van der Waals surface area contributed by atoms with E-state index in [1.165, 1.54) is 44.3 Å². The normalized spacial score (nSPS) is 17.9. The van der Waals surface area contributed by atoms with E-state index in [1.807, 2.05) is 0 Å². The first kappa shape index (κ1) is 23.2. The summed E-state index contributed by atoms with van der Waals surface area (Å²) in [4.78, 5) is 17.8. The summed E-state index contributed by atoms with van der Waals surface area (Å²) in [5.74, 6) is -0.667. The van der Waals surface area contributed by atoms with E-state index in [1.54, 1.807) is 0 Å². The molecule has 0 saturated carbocycles. The lowest BCUT2D eigenvalue weighted by atomic mass is 10.1. The average Bonchev–Trinajstić information content (AvgIpc) is 3.07. The number of sulfone groups is 1. The molecule has 168 valence electrons. The van der Waals surface area contributed by atoms with Crippen LogP contribution in [0.25, 0.3) is 0 Å². The Labute approximate surface area is 177 Å². The van der Waals surface area contributed by atoms with Crippen molar-refractivity contribution in [3.63, 3.8) is 0 Å². The Morgan fingerprint density at radius 3 is 2.52 bits per heavy atom. The molecule has 1 unspecified atom stereocenters. The van der Waals surface area contributed by atoms with Crippen molar-refractivity contribution in [2.24, 2.45) is 0 Å². The minimum atomic E-state index is -4.48. The number of aliphatic hydroxyl groups is 1. The van der Waals surface area contributed by atoms with Crippen molar-refractivity contribution >= 4 is 15.7 Å². The van der Waals surface area contributed by atoms with Crippen molar-refractivity contribution in [2.75, 3.05) is 19.4 Å². The molecule has 0 saturated heterocycles. The quantitative estimate of drug-likeness (QED) is 0.691. The van der Waals surface area contributed by atoms with E-state index >= 15 is 0 Å². The van der Waals surface area contributed by atoms with Crippen LogP contribution in [-0.2, 0) is 16.4 Å². The van der Waals surface area contributed by atoms with Gasteiger partial charge < -0.3 is 10.4 Å². The smallest absolute Gasteiger partial charge is 0.394 e. The van der Waals surface area contributed by atoms with Gasteiger partial charge in [0.25, 0.3) is 5.91 Å². The zero-order valence-electron chi connectivity index (χ0n) is 16.8. The predicted octanol–water partition coefficient (Wildman–Crippen LogP) is 2.39. The first-order valence-electron chi connectivity index (χ1n) is 9.48. The van der Waals surface area contributed by atoms with Gasteiger partial charge >= 0.3 is 6.18 Å². The maximum absolute atomic E-state index is 13.3. The van der Waals surface area contributed by atoms with Crippen molar-refractivity contribution in [2.45, 2.75) is 36.6 Å². The molecule has 0 bridgehead atoms. The lowest BCUT2D eigenvalue weighted by Crippen LogP contribution is -2.31. The third kappa shape index (κ3) is 4.73. The SMILES string of the molecule is CCS(=O)(=O)c1ccc([C@H](CO)NC(=O)c2cnc3c(c2)CN(C)C3C(F)(F)F)cc1. The first-order chi connectivity index (χ1) is 14.5. The molecule has 1 amide bonds. The van der Waals surface area contributed by atoms with Gasteiger partial charge in [-0.05, 0) is 36.4 Å². The Bertz CT molecular complexity index is 1070. The number of alkyl halides is 3. The number of carbonyl (C=O) groups excluding carboxylic acids is 1. The number of halogens is 3. The minimum Gasteiger partial charge on any atom is -0.394 e. The van der Waals surface area contributed by atoms with Crippen LogP contribution in [0.1, 0.15) is 46.2 Å². The highest BCUT2D eigenvalue weighted by Crippen LogP contribution is 2.42. The summed E-state index contributed by atoms with van der Waals surface area (Å²) in [7, 11) is -2.04. The summed E-state index contributed by atoms with van der Waals surface area (Å²) < 4.78 is 63.6. The third-order valence-electron chi connectivity index (χ3n) is 5.20. The molecule has 3 rings (SSSR count). The molecule has 7 nitrogen and oxygen atoms in total. The topological polar surface area (TPSA) is 99.6 Å². The molecule has 2 aromatic rings. The van der Waals surface area contributed by atoms with Crippen molar-refractivity contribution < 1.29 is 31.5 Å². The molecule has 0 aliphatic carbocycles. The van der Waals surface area contributed by atoms with Crippen LogP contribution in [-0.4, -0.2) is 54.9 Å². The van der Waals surface area contributed by atoms with Crippen LogP contribution >= 0.6 is 0 Å². The van der Waals surface area contributed by atoms with E-state index in [0.29, 0.717) is 11.1 Å². The van der Waals surface area contributed by atoms with Gasteiger partial charge in [-0.15, -0.1) is 0 Å². The lowest BCUT2D eigenvalue weighted by Gasteiger charge is -2.22. The van der Waals surface area contributed by atoms with E-state index in [4.69, 9.17) is 0 Å². The summed E-state index contributed by atoms with van der Waals surface area (Å²) >= 11 is 0. The monoisotopic (exact) mass is 457 g/mol. The number of hydrogen-bond donors (Lipinski definition) is 2. The molecule has 0 spiro atoms. The van der Waals surface area contributed by atoms with E-state index < -0.39 is 40.6 Å². The molecule has 2 atom stereocenters. The maximum atomic E-state index is 13.3. The number of hydrogen-bond acceptors (Lipinski definition) is 6. The highest BCUT2D eigenvalue weighted by atomic mass is 32.2. The molecule has 0 radical (unpaired) electrons. The second kappa shape index (κ2) is 8.56. The summed E-state index contributed by atoms with van der Waals surface area (Å²) in [5.41, 5.74) is 0.737. The predicted molar refractivity (Wildman–Crippen MR) is 106 cm³/mol. The Morgan fingerprint density at radius 1 is 1.32 bits per heavy atom. The van der Waals surface area contributed by atoms with Crippen molar-refractivity contribution in [3.05, 3.63) is 58.9 Å². The average molecular weight is 457 g/mol. The second-order valence-corrected chi connectivity index (χ2v) is 9.59. The number of carbonyl (C=O) groups is 1. The Hall–Kier alpha value is -2.50. The van der Waals surface area contributed by atoms with Gasteiger partial charge in [0.2, 0.25) is 0 Å². The van der Waals surface area contributed by atoms with Crippen LogP contribution < -0.4 is 5.32 Å². The molecule has 1 aromatic heterocycles. The fourth-order valence-corrected chi connectivity index (χ4v) is 4.43. The van der Waals surface area contributed by atoms with Gasteiger partial charge in [-0.2, -0.15) is 13.2 Å². The number of nitrogens with zero attached hydrogens (tertiary/aromatic N) is 2. The van der Waals surface area contributed by atoms with Crippen molar-refractivity contribution in [1.29, 1.82) is 0 Å². The zero-order chi connectivity index (χ0) is 23.0. The fraction of sp³-hybridized carbons (Fsp3) is 0.400. The summed E-state index contributed by atoms with van der Waals surface area (Å²) in [6, 6.07) is 4.50. The number of amides is 1. The molecule has 0 fully saturated rings. The minimum absolute atomic E-state index is 0.00439. The third-order valence-corrected chi connectivity index (χ3v) is 6.95. The van der Waals surface area contributed by atoms with Gasteiger partial charge in [-0.25, -0.2) is 8.42 Å². The number of pyridine rings is 1. The zero-order valence-corrected chi connectivity index (χ0v) is 17.7. The van der Waals surface area contributed by atoms with Crippen LogP contribution in [0.4, 0.5) is 13.2 Å². The summed E-state index contributed by atoms with van der Waals surface area (Å²) in [6.07, 6.45) is -3.40. The molecule has 31 heavy (non-hydrogen) atoms. The van der Waals surface area contributed by atoms with Crippen LogP contribution in [0.5, 0.6) is 0 Å². The summed E-state index contributed by atoms with van der Waals surface area (Å²) in [5, 5.41) is 12.3. The fourth-order valence-electron chi connectivity index (χ4n) is 3.54. The molecule has 2 N–H and O–H groups in total. The van der Waals surface area contributed by atoms with Crippen molar-refractivity contribution in [1.82, 2.24) is 15.2 Å². The largest absolute Gasteiger partial charge is 0.409 e. The van der Waals surface area contributed by atoms with Gasteiger partial charge in [0, 0.05) is 12.7 Å².